The van der Waals surface area contributed by atoms with E-state index in [9.17, 15) is 4.79 Å². The topological polar surface area (TPSA) is 77.8 Å². The first-order chi connectivity index (χ1) is 22.7. The first-order valence-electron chi connectivity index (χ1n) is 16.6. The van der Waals surface area contributed by atoms with Crippen molar-refractivity contribution in [3.8, 4) is 0 Å². The molecule has 46 heavy (non-hydrogen) atoms. The minimum absolute atomic E-state index is 0.0493. The van der Waals surface area contributed by atoms with Gasteiger partial charge in [-0.25, -0.2) is 10.2 Å². The predicted molar refractivity (Wildman–Crippen MR) is 177 cm³/mol. The second-order valence-corrected chi connectivity index (χ2v) is 12.1. The van der Waals surface area contributed by atoms with E-state index in [2.05, 4.69) is 108 Å². The van der Waals surface area contributed by atoms with Crippen molar-refractivity contribution in [2.45, 2.75) is 69.9 Å². The molecule has 8 nitrogen and oxygen atoms in total. The fourth-order valence-electron chi connectivity index (χ4n) is 7.22. The summed E-state index contributed by atoms with van der Waals surface area (Å²) >= 11 is 0. The molecule has 4 aromatic rings. The molecule has 2 aliphatic heterocycles. The van der Waals surface area contributed by atoms with Crippen LogP contribution in [0.1, 0.15) is 77.5 Å². The molecule has 3 aromatic carbocycles. The Bertz CT molecular complexity index is 1550. The van der Waals surface area contributed by atoms with Gasteiger partial charge in [0.05, 0.1) is 24.9 Å². The summed E-state index contributed by atoms with van der Waals surface area (Å²) in [5.41, 5.74) is 10.2. The van der Waals surface area contributed by atoms with Gasteiger partial charge in [-0.15, -0.1) is 0 Å². The van der Waals surface area contributed by atoms with Gasteiger partial charge in [-0.1, -0.05) is 91.0 Å². The van der Waals surface area contributed by atoms with E-state index < -0.39 is 5.54 Å². The van der Waals surface area contributed by atoms with Gasteiger partial charge in [-0.05, 0) is 62.1 Å². The second-order valence-electron chi connectivity index (χ2n) is 12.1. The van der Waals surface area contributed by atoms with Crippen molar-refractivity contribution in [3.63, 3.8) is 0 Å². The number of nitrogens with zero attached hydrogens (tertiary/aromatic N) is 3. The molecule has 0 spiro atoms. The van der Waals surface area contributed by atoms with Crippen molar-refractivity contribution >= 4 is 11.5 Å². The standard InChI is InChI=1S/C38H42N4O4/c1-2-44-37(43)36-31-22-23-33-32(35(31)40-41(36)24-14-26-46-34-21-12-13-25-45-34)27-42(39-33)38(28-15-6-3-7-16-28,29-17-8-4-9-18-29)30-19-10-5-11-20-30/h3-11,15-20,27,33-34,39H,2,12-14,21-26H2,1H3. The lowest BCUT2D eigenvalue weighted by atomic mass is 9.76. The molecule has 1 fully saturated rings. The van der Waals surface area contributed by atoms with Crippen molar-refractivity contribution in [2.24, 2.45) is 0 Å². The zero-order valence-corrected chi connectivity index (χ0v) is 26.4. The molecule has 8 heteroatoms. The highest BCUT2D eigenvalue weighted by Gasteiger charge is 2.47. The maximum atomic E-state index is 13.4. The van der Waals surface area contributed by atoms with Gasteiger partial charge < -0.3 is 14.2 Å². The number of carbonyl (C=O) groups is 1. The van der Waals surface area contributed by atoms with Gasteiger partial charge in [-0.3, -0.25) is 9.69 Å². The van der Waals surface area contributed by atoms with E-state index in [1.165, 1.54) is 0 Å². The van der Waals surface area contributed by atoms with Crippen LogP contribution < -0.4 is 5.43 Å². The predicted octanol–water partition coefficient (Wildman–Crippen LogP) is 6.46. The van der Waals surface area contributed by atoms with Crippen LogP contribution >= 0.6 is 0 Å². The molecule has 0 amide bonds. The minimum Gasteiger partial charge on any atom is -0.461 e. The molecule has 1 aromatic heterocycles. The number of esters is 1. The Labute approximate surface area is 270 Å². The highest BCUT2D eigenvalue weighted by atomic mass is 16.7. The van der Waals surface area contributed by atoms with Gasteiger partial charge in [0.1, 0.15) is 11.2 Å². The van der Waals surface area contributed by atoms with E-state index in [0.717, 1.165) is 78.7 Å². The van der Waals surface area contributed by atoms with Gasteiger partial charge in [0.2, 0.25) is 0 Å². The quantitative estimate of drug-likeness (QED) is 0.117. The van der Waals surface area contributed by atoms with Crippen LogP contribution in [0.4, 0.5) is 0 Å². The first-order valence-corrected chi connectivity index (χ1v) is 16.6. The summed E-state index contributed by atoms with van der Waals surface area (Å²) in [4.78, 5) is 13.4. The summed E-state index contributed by atoms with van der Waals surface area (Å²) in [5, 5.41) is 7.38. The molecule has 3 aliphatic rings. The summed E-state index contributed by atoms with van der Waals surface area (Å²) in [6, 6.07) is 32.0. The van der Waals surface area contributed by atoms with Crippen LogP contribution in [0.3, 0.4) is 0 Å². The largest absolute Gasteiger partial charge is 0.461 e. The lowest BCUT2D eigenvalue weighted by Gasteiger charge is -2.44. The number of hydrogen-bond donors (Lipinski definition) is 1. The number of ether oxygens (including phenoxy) is 3. The van der Waals surface area contributed by atoms with Crippen molar-refractivity contribution in [1.29, 1.82) is 0 Å². The molecule has 7 rings (SSSR count). The highest BCUT2D eigenvalue weighted by Crippen LogP contribution is 2.46. The number of carbonyl (C=O) groups excluding carboxylic acids is 1. The van der Waals surface area contributed by atoms with Gasteiger partial charge in [0.25, 0.3) is 0 Å². The smallest absolute Gasteiger partial charge is 0.356 e. The van der Waals surface area contributed by atoms with E-state index in [4.69, 9.17) is 19.3 Å². The maximum absolute atomic E-state index is 13.4. The monoisotopic (exact) mass is 618 g/mol. The van der Waals surface area contributed by atoms with Crippen LogP contribution in [0.15, 0.2) is 97.2 Å². The number of aromatic nitrogens is 2. The molecule has 0 saturated carbocycles. The summed E-state index contributed by atoms with van der Waals surface area (Å²) < 4.78 is 19.1. The van der Waals surface area contributed by atoms with E-state index in [-0.39, 0.29) is 18.3 Å². The van der Waals surface area contributed by atoms with Gasteiger partial charge in [0.15, 0.2) is 6.29 Å². The number of rotatable bonds is 11. The molecule has 1 saturated heterocycles. The lowest BCUT2D eigenvalue weighted by molar-refractivity contribution is -0.163. The lowest BCUT2D eigenvalue weighted by Crippen LogP contribution is -2.52. The number of hydrazine groups is 1. The summed E-state index contributed by atoms with van der Waals surface area (Å²) in [6.07, 6.45) is 7.52. The van der Waals surface area contributed by atoms with Gasteiger partial charge in [0, 0.05) is 30.5 Å². The molecule has 3 heterocycles. The SMILES string of the molecule is CCOC(=O)c1c2c(nn1CCCOC1CCCCO1)C1=CN(C(c3ccccc3)(c3ccccc3)c3ccccc3)NC1CC2. The van der Waals surface area contributed by atoms with Crippen molar-refractivity contribution in [1.82, 2.24) is 20.2 Å². The number of aryl methyl sites for hydroxylation is 1. The molecule has 1 aliphatic carbocycles. The Morgan fingerprint density at radius 1 is 0.935 bits per heavy atom. The third kappa shape index (κ3) is 5.66. The zero-order chi connectivity index (χ0) is 31.3. The van der Waals surface area contributed by atoms with Crippen molar-refractivity contribution in [2.75, 3.05) is 19.8 Å². The first kappa shape index (κ1) is 30.4. The third-order valence-corrected chi connectivity index (χ3v) is 9.31. The van der Waals surface area contributed by atoms with E-state index in [1.54, 1.807) is 0 Å². The second kappa shape index (κ2) is 13.6. The minimum atomic E-state index is -0.653. The molecule has 0 radical (unpaired) electrons. The number of nitrogens with one attached hydrogen (secondary N) is 1. The van der Waals surface area contributed by atoms with Crippen LogP contribution in [-0.2, 0) is 32.7 Å². The van der Waals surface area contributed by atoms with Gasteiger partial charge in [-0.2, -0.15) is 5.10 Å². The third-order valence-electron chi connectivity index (χ3n) is 9.31. The molecular weight excluding hydrogens is 576 g/mol. The number of benzene rings is 3. The number of fused-ring (bicyclic) bond motifs is 3. The van der Waals surface area contributed by atoms with E-state index in [0.29, 0.717) is 25.5 Å². The normalized spacial score (nSPS) is 19.3. The van der Waals surface area contributed by atoms with Crippen LogP contribution in [-0.4, -0.2) is 52.9 Å². The Hall–Kier alpha value is -4.24. The van der Waals surface area contributed by atoms with Crippen LogP contribution in [0.5, 0.6) is 0 Å². The van der Waals surface area contributed by atoms with Crippen LogP contribution in [0.25, 0.3) is 5.57 Å². The maximum Gasteiger partial charge on any atom is 0.356 e. The average Bonchev–Trinajstić information content (AvgIpc) is 3.71. The van der Waals surface area contributed by atoms with Crippen LogP contribution in [0.2, 0.25) is 0 Å². The molecule has 2 unspecified atom stereocenters. The van der Waals surface area contributed by atoms with Crippen molar-refractivity contribution in [3.05, 3.63) is 131 Å². The highest BCUT2D eigenvalue weighted by molar-refractivity contribution is 5.92. The summed E-state index contributed by atoms with van der Waals surface area (Å²) in [7, 11) is 0. The van der Waals surface area contributed by atoms with Crippen LogP contribution in [0, 0.1) is 0 Å². The molecular formula is C38H42N4O4. The molecule has 2 atom stereocenters. The Morgan fingerprint density at radius 3 is 2.17 bits per heavy atom. The fraction of sp³-hybridized carbons (Fsp3) is 0.368. The average molecular weight is 619 g/mol. The number of hydrogen-bond acceptors (Lipinski definition) is 7. The summed E-state index contributed by atoms with van der Waals surface area (Å²) in [6.45, 7) is 4.02. The molecule has 1 N–H and O–H groups in total. The Kier molecular flexibility index (Phi) is 9.01. The van der Waals surface area contributed by atoms with Gasteiger partial charge >= 0.3 is 5.97 Å². The van der Waals surface area contributed by atoms with E-state index >= 15 is 0 Å². The Balaban J connectivity index is 1.28. The molecule has 0 bridgehead atoms. The molecule has 238 valence electrons. The van der Waals surface area contributed by atoms with Crippen molar-refractivity contribution < 1.29 is 19.0 Å². The zero-order valence-electron chi connectivity index (χ0n) is 26.4. The van der Waals surface area contributed by atoms with E-state index in [1.807, 2.05) is 11.6 Å². The summed E-state index contributed by atoms with van der Waals surface area (Å²) in [5.74, 6) is -0.318. The fourth-order valence-corrected chi connectivity index (χ4v) is 7.22. The Morgan fingerprint density at radius 2 is 1.59 bits per heavy atom.